The highest BCUT2D eigenvalue weighted by Crippen LogP contribution is 2.33. The molecule has 11 heteroatoms. The van der Waals surface area contributed by atoms with E-state index in [1.807, 2.05) is 22.2 Å². The Balaban J connectivity index is 1.51. The highest BCUT2D eigenvalue weighted by Gasteiger charge is 2.30. The van der Waals surface area contributed by atoms with Crippen LogP contribution in [0.2, 0.25) is 0 Å². The van der Waals surface area contributed by atoms with Gasteiger partial charge in [0.2, 0.25) is 5.95 Å². The number of H-pyrrole nitrogens is 1. The lowest BCUT2D eigenvalue weighted by atomic mass is 10.1. The molecular formula is C21H25FN8O2. The molecule has 32 heavy (non-hydrogen) atoms. The predicted molar refractivity (Wildman–Crippen MR) is 118 cm³/mol. The number of ether oxygens (including phenoxy) is 1. The molecule has 0 saturated carbocycles. The van der Waals surface area contributed by atoms with Gasteiger partial charge in [-0.05, 0) is 25.0 Å². The molecule has 6 rings (SSSR count). The molecule has 2 fully saturated rings. The van der Waals surface area contributed by atoms with Crippen molar-refractivity contribution < 1.29 is 9.13 Å². The third kappa shape index (κ3) is 3.19. The standard InChI is InChI=1S/C21H25FN8O2/c22-14-1-2-16-28(13-14)9-10-29(16)20-25-18(27-7-5-23-6-8-27)17-19(26-20)30(21(31)24-17)15-3-11-32-12-4-15/h1-2,9-10,15,23H,3-8,11-13H2,(H,24,31). The summed E-state index contributed by atoms with van der Waals surface area (Å²) in [6, 6.07) is 0.0279. The first-order valence-electron chi connectivity index (χ1n) is 11.1. The molecule has 4 aliphatic rings. The molecule has 4 aliphatic heterocycles. The second-order valence-electron chi connectivity index (χ2n) is 8.36. The number of aromatic nitrogens is 4. The molecular weight excluding hydrogens is 415 g/mol. The number of nitrogens with zero attached hydrogens (tertiary/aromatic N) is 6. The number of anilines is 2. The average Bonchev–Trinajstić information content (AvgIpc) is 3.39. The quantitative estimate of drug-likeness (QED) is 0.735. The largest absolute Gasteiger partial charge is 0.381 e. The molecule has 0 atom stereocenters. The Morgan fingerprint density at radius 1 is 1.09 bits per heavy atom. The van der Waals surface area contributed by atoms with Gasteiger partial charge in [0.15, 0.2) is 11.5 Å². The number of hydrogen-bond donors (Lipinski definition) is 2. The van der Waals surface area contributed by atoms with Crippen molar-refractivity contribution in [1.82, 2.24) is 29.7 Å². The first kappa shape index (κ1) is 19.5. The Hall–Kier alpha value is -3.18. The molecule has 2 aromatic heterocycles. The maximum atomic E-state index is 13.8. The molecule has 2 saturated heterocycles. The Labute approximate surface area is 183 Å². The van der Waals surface area contributed by atoms with E-state index in [1.165, 1.54) is 6.08 Å². The van der Waals surface area contributed by atoms with Crippen LogP contribution in [0.3, 0.4) is 0 Å². The molecule has 2 aromatic rings. The summed E-state index contributed by atoms with van der Waals surface area (Å²) < 4.78 is 21.0. The zero-order valence-electron chi connectivity index (χ0n) is 17.6. The molecule has 0 bridgehead atoms. The molecule has 0 spiro atoms. The first-order valence-corrected chi connectivity index (χ1v) is 11.1. The van der Waals surface area contributed by atoms with Gasteiger partial charge in [0.1, 0.15) is 17.2 Å². The molecule has 0 aliphatic carbocycles. The number of fused-ring (bicyclic) bond motifs is 2. The van der Waals surface area contributed by atoms with E-state index in [0.29, 0.717) is 30.3 Å². The number of allylic oxidation sites excluding steroid dienone is 2. The first-order chi connectivity index (χ1) is 15.7. The number of aromatic amines is 1. The summed E-state index contributed by atoms with van der Waals surface area (Å²) >= 11 is 0. The Morgan fingerprint density at radius 3 is 2.72 bits per heavy atom. The normalized spacial score (nSPS) is 21.8. The van der Waals surface area contributed by atoms with Crippen molar-refractivity contribution >= 4 is 22.9 Å². The smallest absolute Gasteiger partial charge is 0.328 e. The molecule has 0 amide bonds. The monoisotopic (exact) mass is 440 g/mol. The summed E-state index contributed by atoms with van der Waals surface area (Å²) in [6.45, 7) is 4.70. The van der Waals surface area contributed by atoms with Gasteiger partial charge in [-0.15, -0.1) is 0 Å². The van der Waals surface area contributed by atoms with Crippen molar-refractivity contribution in [3.8, 4) is 0 Å². The third-order valence-corrected chi connectivity index (χ3v) is 6.40. The lowest BCUT2D eigenvalue weighted by Crippen LogP contribution is -2.44. The van der Waals surface area contributed by atoms with E-state index in [9.17, 15) is 9.18 Å². The SMILES string of the molecule is O=c1[nH]c2c(N3CCNCC3)nc(N3C=CN4CC(F)=CC=C43)nc2n1C1CCOCC1. The summed E-state index contributed by atoms with van der Waals surface area (Å²) in [6.07, 6.45) is 8.38. The molecule has 0 radical (unpaired) electrons. The number of piperazine rings is 1. The van der Waals surface area contributed by atoms with Crippen molar-refractivity contribution in [3.63, 3.8) is 0 Å². The zero-order chi connectivity index (χ0) is 21.7. The van der Waals surface area contributed by atoms with Gasteiger partial charge < -0.3 is 24.8 Å². The van der Waals surface area contributed by atoms with Gasteiger partial charge in [-0.3, -0.25) is 9.47 Å². The number of nitrogens with one attached hydrogen (secondary N) is 2. The van der Waals surface area contributed by atoms with Crippen LogP contribution in [0.5, 0.6) is 0 Å². The predicted octanol–water partition coefficient (Wildman–Crippen LogP) is 1.18. The van der Waals surface area contributed by atoms with Gasteiger partial charge in [0.25, 0.3) is 0 Å². The molecule has 0 aromatic carbocycles. The lowest BCUT2D eigenvalue weighted by molar-refractivity contribution is 0.0697. The van der Waals surface area contributed by atoms with Gasteiger partial charge in [-0.25, -0.2) is 9.18 Å². The maximum Gasteiger partial charge on any atom is 0.328 e. The van der Waals surface area contributed by atoms with Crippen LogP contribution in [-0.2, 0) is 4.74 Å². The van der Waals surface area contributed by atoms with E-state index in [-0.39, 0.29) is 24.1 Å². The molecule has 168 valence electrons. The fraction of sp³-hybridized carbons (Fsp3) is 0.476. The van der Waals surface area contributed by atoms with Gasteiger partial charge in [-0.2, -0.15) is 9.97 Å². The third-order valence-electron chi connectivity index (χ3n) is 6.40. The Morgan fingerprint density at radius 2 is 1.91 bits per heavy atom. The number of rotatable bonds is 3. The Kier molecular flexibility index (Phi) is 4.72. The zero-order valence-corrected chi connectivity index (χ0v) is 17.6. The number of hydrogen-bond acceptors (Lipinski definition) is 8. The van der Waals surface area contributed by atoms with Crippen LogP contribution in [0.4, 0.5) is 16.2 Å². The van der Waals surface area contributed by atoms with Crippen molar-refractivity contribution in [2.24, 2.45) is 0 Å². The molecule has 6 heterocycles. The average molecular weight is 440 g/mol. The molecule has 10 nitrogen and oxygen atoms in total. The second-order valence-corrected chi connectivity index (χ2v) is 8.36. The summed E-state index contributed by atoms with van der Waals surface area (Å²) in [5.74, 6) is 1.77. The van der Waals surface area contributed by atoms with E-state index in [2.05, 4.69) is 15.2 Å². The fourth-order valence-corrected chi connectivity index (χ4v) is 4.77. The van der Waals surface area contributed by atoms with Crippen LogP contribution >= 0.6 is 0 Å². The van der Waals surface area contributed by atoms with Crippen LogP contribution in [0.15, 0.2) is 41.0 Å². The summed E-state index contributed by atoms with van der Waals surface area (Å²) in [5.41, 5.74) is 1.09. The van der Waals surface area contributed by atoms with E-state index in [1.54, 1.807) is 10.6 Å². The van der Waals surface area contributed by atoms with Crippen LogP contribution in [0.25, 0.3) is 11.2 Å². The van der Waals surface area contributed by atoms with Crippen molar-refractivity contribution in [2.75, 3.05) is 55.7 Å². The summed E-state index contributed by atoms with van der Waals surface area (Å²) in [7, 11) is 0. The topological polar surface area (TPSA) is 94.5 Å². The van der Waals surface area contributed by atoms with Gasteiger partial charge in [0, 0.05) is 57.8 Å². The highest BCUT2D eigenvalue weighted by atomic mass is 19.1. The minimum absolute atomic E-state index is 0.0279. The van der Waals surface area contributed by atoms with Crippen LogP contribution < -0.4 is 20.8 Å². The Bertz CT molecular complexity index is 1190. The van der Waals surface area contributed by atoms with Crippen LogP contribution in [0, 0.1) is 0 Å². The van der Waals surface area contributed by atoms with Gasteiger partial charge in [-0.1, -0.05) is 0 Å². The van der Waals surface area contributed by atoms with Crippen molar-refractivity contribution in [2.45, 2.75) is 18.9 Å². The molecule has 0 unspecified atom stereocenters. The highest BCUT2D eigenvalue weighted by molar-refractivity contribution is 5.85. The number of halogens is 1. The second kappa shape index (κ2) is 7.75. The maximum absolute atomic E-state index is 13.8. The summed E-state index contributed by atoms with van der Waals surface area (Å²) in [5, 5.41) is 3.36. The van der Waals surface area contributed by atoms with Gasteiger partial charge >= 0.3 is 5.69 Å². The minimum Gasteiger partial charge on any atom is -0.381 e. The van der Waals surface area contributed by atoms with E-state index in [0.717, 1.165) is 50.7 Å². The van der Waals surface area contributed by atoms with E-state index < -0.39 is 0 Å². The fourth-order valence-electron chi connectivity index (χ4n) is 4.77. The van der Waals surface area contributed by atoms with Crippen LogP contribution in [-0.4, -0.2) is 70.4 Å². The van der Waals surface area contributed by atoms with Crippen molar-refractivity contribution in [1.29, 1.82) is 0 Å². The summed E-state index contributed by atoms with van der Waals surface area (Å²) in [4.78, 5) is 31.7. The minimum atomic E-state index is -0.197. The van der Waals surface area contributed by atoms with E-state index in [4.69, 9.17) is 14.7 Å². The van der Waals surface area contributed by atoms with Crippen molar-refractivity contribution in [3.05, 3.63) is 46.7 Å². The van der Waals surface area contributed by atoms with Crippen LogP contribution in [0.1, 0.15) is 18.9 Å². The number of imidazole rings is 1. The van der Waals surface area contributed by atoms with E-state index >= 15 is 0 Å². The van der Waals surface area contributed by atoms with Gasteiger partial charge in [0.05, 0.1) is 6.54 Å². The lowest BCUT2D eigenvalue weighted by Gasteiger charge is -2.30. The molecule has 2 N–H and O–H groups in total.